The maximum absolute atomic E-state index is 13.2. The summed E-state index contributed by atoms with van der Waals surface area (Å²) in [6, 6.07) is 14.8. The second-order valence-electron chi connectivity index (χ2n) is 5.95. The van der Waals surface area contributed by atoms with Gasteiger partial charge in [-0.05, 0) is 31.5 Å². The molecule has 0 aromatic heterocycles. The van der Waals surface area contributed by atoms with E-state index in [4.69, 9.17) is 15.2 Å². The van der Waals surface area contributed by atoms with Crippen LogP contribution in [0.1, 0.15) is 36.2 Å². The maximum Gasteiger partial charge on any atom is 0.257 e. The van der Waals surface area contributed by atoms with Gasteiger partial charge >= 0.3 is 0 Å². The Morgan fingerprint density at radius 1 is 1.00 bits per heavy atom. The maximum atomic E-state index is 13.2. The summed E-state index contributed by atoms with van der Waals surface area (Å²) in [5, 5.41) is 0. The van der Waals surface area contributed by atoms with Crippen LogP contribution in [0.5, 0.6) is 11.5 Å². The number of carbonyl (C=O) groups excluding carboxylic acids is 2. The summed E-state index contributed by atoms with van der Waals surface area (Å²) >= 11 is 0. The van der Waals surface area contributed by atoms with Crippen LogP contribution >= 0.6 is 0 Å². The number of hydrogen-bond acceptors (Lipinski definition) is 4. The average Bonchev–Trinajstić information content (AvgIpc) is 2.66. The lowest BCUT2D eigenvalue weighted by molar-refractivity contribution is -0.118. The van der Waals surface area contributed by atoms with Gasteiger partial charge in [0.15, 0.2) is 0 Å². The number of ether oxygens (including phenoxy) is 2. The third kappa shape index (κ3) is 6.02. The first kappa shape index (κ1) is 20.3. The average molecular weight is 370 g/mol. The largest absolute Gasteiger partial charge is 0.494 e. The van der Waals surface area contributed by atoms with E-state index >= 15 is 0 Å². The molecule has 6 nitrogen and oxygen atoms in total. The fourth-order valence-electron chi connectivity index (χ4n) is 2.68. The minimum atomic E-state index is -0.447. The van der Waals surface area contributed by atoms with Crippen LogP contribution in [0.15, 0.2) is 48.5 Å². The van der Waals surface area contributed by atoms with Crippen molar-refractivity contribution in [3.8, 4) is 11.5 Å². The summed E-state index contributed by atoms with van der Waals surface area (Å²) in [6.07, 6.45) is 0.0968. The van der Waals surface area contributed by atoms with Crippen molar-refractivity contribution in [3.05, 3.63) is 59.7 Å². The molecule has 6 heteroatoms. The molecule has 2 aromatic carbocycles. The number of nitrogens with two attached hydrogens (primary N) is 1. The fourth-order valence-corrected chi connectivity index (χ4v) is 2.68. The van der Waals surface area contributed by atoms with Gasteiger partial charge < -0.3 is 20.1 Å². The lowest BCUT2D eigenvalue weighted by Gasteiger charge is -2.24. The Balaban J connectivity index is 2.30. The molecule has 2 aromatic rings. The Labute approximate surface area is 159 Å². The number of hydrogen-bond donors (Lipinski definition) is 1. The number of amides is 2. The van der Waals surface area contributed by atoms with Gasteiger partial charge in [0, 0.05) is 25.6 Å². The molecule has 144 valence electrons. The normalized spacial score (nSPS) is 10.3. The van der Waals surface area contributed by atoms with Gasteiger partial charge in [-0.25, -0.2) is 0 Å². The van der Waals surface area contributed by atoms with E-state index in [1.54, 1.807) is 23.1 Å². The molecule has 0 unspecified atom stereocenters. The number of carbonyl (C=O) groups is 2. The van der Waals surface area contributed by atoms with Crippen LogP contribution in [-0.2, 0) is 11.3 Å². The molecular formula is C21H26N2O4. The highest BCUT2D eigenvalue weighted by Crippen LogP contribution is 2.27. The Bertz CT molecular complexity index is 762. The molecule has 0 radical (unpaired) electrons. The lowest BCUT2D eigenvalue weighted by atomic mass is 10.1. The van der Waals surface area contributed by atoms with E-state index in [1.165, 1.54) is 0 Å². The van der Waals surface area contributed by atoms with Gasteiger partial charge in [-0.3, -0.25) is 9.59 Å². The first-order chi connectivity index (χ1) is 13.0. The Kier molecular flexibility index (Phi) is 7.67. The Morgan fingerprint density at radius 2 is 1.70 bits per heavy atom. The predicted molar refractivity (Wildman–Crippen MR) is 104 cm³/mol. The van der Waals surface area contributed by atoms with E-state index in [1.807, 2.05) is 44.2 Å². The summed E-state index contributed by atoms with van der Waals surface area (Å²) in [6.45, 7) is 5.32. The summed E-state index contributed by atoms with van der Waals surface area (Å²) < 4.78 is 11.1. The van der Waals surface area contributed by atoms with Crippen LogP contribution in [0.4, 0.5) is 0 Å². The summed E-state index contributed by atoms with van der Waals surface area (Å²) in [5.74, 6) is 0.444. The quantitative estimate of drug-likeness (QED) is 0.697. The number of rotatable bonds is 10. The van der Waals surface area contributed by atoms with E-state index in [0.717, 1.165) is 5.56 Å². The van der Waals surface area contributed by atoms with E-state index in [0.29, 0.717) is 36.8 Å². The van der Waals surface area contributed by atoms with Crippen molar-refractivity contribution in [2.24, 2.45) is 5.73 Å². The van der Waals surface area contributed by atoms with Gasteiger partial charge in [-0.1, -0.05) is 30.3 Å². The highest BCUT2D eigenvalue weighted by Gasteiger charge is 2.21. The van der Waals surface area contributed by atoms with E-state index < -0.39 is 5.91 Å². The van der Waals surface area contributed by atoms with Crippen LogP contribution in [-0.4, -0.2) is 36.5 Å². The van der Waals surface area contributed by atoms with Crippen molar-refractivity contribution in [1.82, 2.24) is 4.90 Å². The van der Waals surface area contributed by atoms with E-state index in [2.05, 4.69) is 0 Å². The van der Waals surface area contributed by atoms with Crippen LogP contribution in [0.3, 0.4) is 0 Å². The van der Waals surface area contributed by atoms with Crippen LogP contribution in [0, 0.1) is 0 Å². The molecule has 2 rings (SSSR count). The molecule has 0 heterocycles. The van der Waals surface area contributed by atoms with Crippen molar-refractivity contribution in [2.75, 3.05) is 19.8 Å². The zero-order valence-corrected chi connectivity index (χ0v) is 15.8. The van der Waals surface area contributed by atoms with Crippen molar-refractivity contribution >= 4 is 11.8 Å². The van der Waals surface area contributed by atoms with Gasteiger partial charge in [0.05, 0.1) is 18.8 Å². The third-order valence-corrected chi connectivity index (χ3v) is 3.93. The zero-order valence-electron chi connectivity index (χ0n) is 15.8. The topological polar surface area (TPSA) is 81.9 Å². The minimum absolute atomic E-state index is 0.0968. The standard InChI is InChI=1S/C21H26N2O4/c1-3-26-17-10-11-18(19(14-17)27-4-2)21(25)23(13-12-20(22)24)15-16-8-6-5-7-9-16/h5-11,14H,3-4,12-13,15H2,1-2H3,(H2,22,24). The third-order valence-electron chi connectivity index (χ3n) is 3.93. The van der Waals surface area contributed by atoms with Gasteiger partial charge in [0.1, 0.15) is 11.5 Å². The van der Waals surface area contributed by atoms with Crippen molar-refractivity contribution < 1.29 is 19.1 Å². The second kappa shape index (κ2) is 10.2. The summed E-state index contributed by atoms with van der Waals surface area (Å²) in [4.78, 5) is 26.0. The van der Waals surface area contributed by atoms with Crippen LogP contribution in [0.25, 0.3) is 0 Å². The highest BCUT2D eigenvalue weighted by molar-refractivity contribution is 5.97. The van der Waals surface area contributed by atoms with Crippen LogP contribution in [0.2, 0.25) is 0 Å². The first-order valence-electron chi connectivity index (χ1n) is 9.06. The molecule has 0 bridgehead atoms. The van der Waals surface area contributed by atoms with Crippen molar-refractivity contribution in [1.29, 1.82) is 0 Å². The molecular weight excluding hydrogens is 344 g/mol. The SMILES string of the molecule is CCOc1ccc(C(=O)N(CCC(N)=O)Cc2ccccc2)c(OCC)c1. The second-order valence-corrected chi connectivity index (χ2v) is 5.95. The molecule has 0 spiro atoms. The van der Waals surface area contributed by atoms with Crippen molar-refractivity contribution in [3.63, 3.8) is 0 Å². The molecule has 0 saturated heterocycles. The van der Waals surface area contributed by atoms with Gasteiger partial charge in [0.25, 0.3) is 5.91 Å². The highest BCUT2D eigenvalue weighted by atomic mass is 16.5. The first-order valence-corrected chi connectivity index (χ1v) is 9.06. The molecule has 27 heavy (non-hydrogen) atoms. The number of primary amides is 1. The summed E-state index contributed by atoms with van der Waals surface area (Å²) in [7, 11) is 0. The molecule has 2 amide bonds. The number of benzene rings is 2. The monoisotopic (exact) mass is 370 g/mol. The van der Waals surface area contributed by atoms with Gasteiger partial charge in [0.2, 0.25) is 5.91 Å². The van der Waals surface area contributed by atoms with Crippen molar-refractivity contribution in [2.45, 2.75) is 26.8 Å². The molecule has 2 N–H and O–H groups in total. The fraction of sp³-hybridized carbons (Fsp3) is 0.333. The smallest absolute Gasteiger partial charge is 0.257 e. The van der Waals surface area contributed by atoms with Crippen LogP contribution < -0.4 is 15.2 Å². The predicted octanol–water partition coefficient (Wildman–Crippen LogP) is 3.00. The lowest BCUT2D eigenvalue weighted by Crippen LogP contribution is -2.34. The number of nitrogens with zero attached hydrogens (tertiary/aromatic N) is 1. The molecule has 0 aliphatic heterocycles. The van der Waals surface area contributed by atoms with E-state index in [9.17, 15) is 9.59 Å². The molecule has 0 aliphatic carbocycles. The van der Waals surface area contributed by atoms with Gasteiger partial charge in [-0.2, -0.15) is 0 Å². The molecule has 0 fully saturated rings. The molecule has 0 atom stereocenters. The van der Waals surface area contributed by atoms with Gasteiger partial charge in [-0.15, -0.1) is 0 Å². The Morgan fingerprint density at radius 3 is 2.33 bits per heavy atom. The zero-order chi connectivity index (χ0) is 19.6. The molecule has 0 aliphatic rings. The Hall–Kier alpha value is -3.02. The summed E-state index contributed by atoms with van der Waals surface area (Å²) in [5.41, 5.74) is 6.69. The van der Waals surface area contributed by atoms with E-state index in [-0.39, 0.29) is 18.9 Å². The minimum Gasteiger partial charge on any atom is -0.494 e. The molecule has 0 saturated carbocycles.